The summed E-state index contributed by atoms with van der Waals surface area (Å²) in [4.78, 5) is 60.1. The van der Waals surface area contributed by atoms with Crippen molar-refractivity contribution in [3.8, 4) is 0 Å². The van der Waals surface area contributed by atoms with Crippen LogP contribution in [-0.2, 0) is 34.3 Å². The second-order valence-corrected chi connectivity index (χ2v) is 12.2. The van der Waals surface area contributed by atoms with E-state index in [1.807, 2.05) is 30.5 Å². The summed E-state index contributed by atoms with van der Waals surface area (Å²) in [5.74, 6) is -5.96. The van der Waals surface area contributed by atoms with Gasteiger partial charge in [-0.2, -0.15) is 36.4 Å². The average Bonchev–Trinajstić information content (AvgIpc) is 3.73. The van der Waals surface area contributed by atoms with Crippen molar-refractivity contribution in [2.45, 2.75) is 38.0 Å². The maximum atomic E-state index is 13.1. The Hall–Kier alpha value is -5.59. The lowest BCUT2D eigenvalue weighted by Gasteiger charge is -2.17. The SMILES string of the molecule is Cn1cc(C(=O)N2CC[C@@H](CC(=O)Nc3ccc4cc3CCc3cncc(c3)Nc3ncc(Cl)c(n3)N4)C2)cn1.O=C(C(=O)C(F)(F)F)C(F)(F)F. The topological polar surface area (TPSA) is 164 Å². The summed E-state index contributed by atoms with van der Waals surface area (Å²) < 4.78 is 68.6. The molecule has 1 atom stereocenters. The Kier molecular flexibility index (Phi) is 11.1. The van der Waals surface area contributed by atoms with Gasteiger partial charge < -0.3 is 20.9 Å². The highest BCUT2D eigenvalue weighted by Crippen LogP contribution is 2.30. The fraction of sp³-hybridized carbons (Fsp3) is 0.312. The predicted molar refractivity (Wildman–Crippen MR) is 174 cm³/mol. The molecule has 0 spiro atoms. The van der Waals surface area contributed by atoms with E-state index in [2.05, 4.69) is 36.0 Å². The van der Waals surface area contributed by atoms with Gasteiger partial charge in [-0.1, -0.05) is 11.6 Å². The lowest BCUT2D eigenvalue weighted by atomic mass is 10.0. The average molecular weight is 752 g/mol. The van der Waals surface area contributed by atoms with Gasteiger partial charge in [0.15, 0.2) is 5.82 Å². The maximum absolute atomic E-state index is 13.1. The molecule has 2 aliphatic rings. The summed E-state index contributed by atoms with van der Waals surface area (Å²) in [6, 6.07) is 7.79. The Morgan fingerprint density at radius 3 is 2.35 bits per heavy atom. The van der Waals surface area contributed by atoms with Crippen LogP contribution in [0.3, 0.4) is 0 Å². The number of benzene rings is 1. The molecule has 3 N–H and O–H groups in total. The second-order valence-electron chi connectivity index (χ2n) is 11.8. The fourth-order valence-electron chi connectivity index (χ4n) is 5.37. The first kappa shape index (κ1) is 37.7. The van der Waals surface area contributed by atoms with Crippen LogP contribution in [0.25, 0.3) is 0 Å². The highest BCUT2D eigenvalue weighted by molar-refractivity contribution is 6.41. The van der Waals surface area contributed by atoms with Gasteiger partial charge in [0.2, 0.25) is 11.9 Å². The molecule has 13 nitrogen and oxygen atoms in total. The molecule has 4 aromatic rings. The van der Waals surface area contributed by atoms with Crippen LogP contribution in [0.2, 0.25) is 5.02 Å². The monoisotopic (exact) mass is 751 g/mol. The third-order valence-corrected chi connectivity index (χ3v) is 8.12. The first-order valence-electron chi connectivity index (χ1n) is 15.4. The largest absolute Gasteiger partial charge is 0.458 e. The number of anilines is 5. The van der Waals surface area contributed by atoms with E-state index in [0.29, 0.717) is 48.3 Å². The van der Waals surface area contributed by atoms with Crippen LogP contribution < -0.4 is 16.0 Å². The number of pyridine rings is 1. The van der Waals surface area contributed by atoms with Crippen molar-refractivity contribution in [1.29, 1.82) is 0 Å². The van der Waals surface area contributed by atoms with Gasteiger partial charge in [0.05, 0.1) is 29.8 Å². The van der Waals surface area contributed by atoms with Gasteiger partial charge in [0.25, 0.3) is 5.91 Å². The molecule has 20 heteroatoms. The number of nitrogens with one attached hydrogen (secondary N) is 3. The quantitative estimate of drug-likeness (QED) is 0.173. The maximum Gasteiger partial charge on any atom is 0.458 e. The van der Waals surface area contributed by atoms with Crippen molar-refractivity contribution in [3.05, 3.63) is 77.0 Å². The van der Waals surface area contributed by atoms with Crippen LogP contribution in [0.1, 0.15) is 34.3 Å². The van der Waals surface area contributed by atoms with Gasteiger partial charge in [0, 0.05) is 50.3 Å². The van der Waals surface area contributed by atoms with Crippen LogP contribution in [0.15, 0.2) is 55.2 Å². The third kappa shape index (κ3) is 9.59. The van der Waals surface area contributed by atoms with Crippen LogP contribution in [0, 0.1) is 5.92 Å². The van der Waals surface area contributed by atoms with Gasteiger partial charge in [0.1, 0.15) is 5.02 Å². The first-order valence-corrected chi connectivity index (χ1v) is 15.8. The summed E-state index contributed by atoms with van der Waals surface area (Å²) in [6.07, 6.45) is -0.625. The van der Waals surface area contributed by atoms with E-state index in [1.54, 1.807) is 41.4 Å². The van der Waals surface area contributed by atoms with E-state index in [1.165, 1.54) is 0 Å². The van der Waals surface area contributed by atoms with E-state index in [9.17, 15) is 45.5 Å². The van der Waals surface area contributed by atoms with Crippen molar-refractivity contribution in [2.75, 3.05) is 29.0 Å². The molecule has 0 unspecified atom stereocenters. The molecule has 3 aromatic heterocycles. The number of hydrogen-bond donors (Lipinski definition) is 3. The number of fused-ring (bicyclic) bond motifs is 6. The van der Waals surface area contributed by atoms with Crippen molar-refractivity contribution < 1.29 is 45.5 Å². The number of aromatic nitrogens is 5. The van der Waals surface area contributed by atoms with Crippen LogP contribution >= 0.6 is 11.6 Å². The standard InChI is InChI=1S/C28H28ClN9O2.C4F6O2/c1-37-16-20(12-32-37)27(40)38-7-6-18(15-38)9-25(39)35-24-5-4-21-10-19(24)3-2-17-8-22(13-30-11-17)34-28-31-14-23(29)26(33-21)36-28;5-3(6,7)1(11)2(12)4(8,9)10/h4-5,8,10-14,16,18H,2-3,6-7,9,15H2,1H3,(H,35,39)(H2,31,33,34,36);/t18-;/m0./s1. The number of nitrogens with zero attached hydrogens (tertiary/aromatic N) is 6. The number of amides is 2. The van der Waals surface area contributed by atoms with E-state index in [4.69, 9.17) is 11.6 Å². The lowest BCUT2D eigenvalue weighted by molar-refractivity contribution is -0.193. The normalized spacial score (nSPS) is 15.4. The smallest absolute Gasteiger partial charge is 0.339 e. The van der Waals surface area contributed by atoms with Gasteiger partial charge >= 0.3 is 23.9 Å². The molecule has 1 fully saturated rings. The van der Waals surface area contributed by atoms with Gasteiger partial charge in [-0.15, -0.1) is 0 Å². The Morgan fingerprint density at radius 2 is 1.67 bits per heavy atom. The van der Waals surface area contributed by atoms with E-state index < -0.39 is 23.9 Å². The predicted octanol–water partition coefficient (Wildman–Crippen LogP) is 5.58. The molecule has 6 bridgehead atoms. The van der Waals surface area contributed by atoms with E-state index in [0.717, 1.165) is 41.0 Å². The number of alkyl halides is 6. The van der Waals surface area contributed by atoms with E-state index >= 15 is 0 Å². The second kappa shape index (κ2) is 15.3. The minimum absolute atomic E-state index is 0.0463. The molecule has 0 radical (unpaired) electrons. The summed E-state index contributed by atoms with van der Waals surface area (Å²) in [5.41, 5.74) is 4.90. The van der Waals surface area contributed by atoms with Crippen LogP contribution in [0.4, 0.5) is 55.2 Å². The zero-order valence-corrected chi connectivity index (χ0v) is 27.7. The molecule has 1 saturated heterocycles. The highest BCUT2D eigenvalue weighted by Gasteiger charge is 2.54. The molecule has 2 aliphatic heterocycles. The lowest BCUT2D eigenvalue weighted by Crippen LogP contribution is -2.39. The molecule has 274 valence electrons. The highest BCUT2D eigenvalue weighted by atomic mass is 35.5. The molecule has 0 saturated carbocycles. The molecular formula is C32H28ClF6N9O4. The van der Waals surface area contributed by atoms with Crippen molar-refractivity contribution >= 4 is 63.8 Å². The summed E-state index contributed by atoms with van der Waals surface area (Å²) in [7, 11) is 1.78. The third-order valence-electron chi connectivity index (χ3n) is 7.84. The Bertz CT molecular complexity index is 1980. The molecule has 2 amide bonds. The number of hydrogen-bond acceptors (Lipinski definition) is 10. The van der Waals surface area contributed by atoms with Crippen LogP contribution in [-0.4, -0.2) is 78.5 Å². The van der Waals surface area contributed by atoms with Gasteiger partial charge in [-0.25, -0.2) is 4.98 Å². The fourth-order valence-corrected chi connectivity index (χ4v) is 5.51. The molecule has 52 heavy (non-hydrogen) atoms. The number of rotatable bonds is 5. The Balaban J connectivity index is 0.000000376. The number of likely N-dealkylation sites (tertiary alicyclic amines) is 1. The van der Waals surface area contributed by atoms with Crippen molar-refractivity contribution in [1.82, 2.24) is 29.6 Å². The van der Waals surface area contributed by atoms with Gasteiger partial charge in [-0.05, 0) is 60.6 Å². The molecule has 0 aliphatic carbocycles. The zero-order valence-electron chi connectivity index (χ0n) is 27.0. The number of aryl methyl sites for hydroxylation is 3. The molecule has 6 rings (SSSR count). The minimum atomic E-state index is -5.77. The summed E-state index contributed by atoms with van der Waals surface area (Å²) >= 11 is 6.37. The first-order chi connectivity index (χ1) is 24.5. The Labute approximate surface area is 295 Å². The van der Waals surface area contributed by atoms with Crippen LogP contribution in [0.5, 0.6) is 0 Å². The summed E-state index contributed by atoms with van der Waals surface area (Å²) in [6.45, 7) is 1.18. The molecule has 1 aromatic carbocycles. The van der Waals surface area contributed by atoms with Crippen molar-refractivity contribution in [3.63, 3.8) is 0 Å². The zero-order chi connectivity index (χ0) is 37.8. The molecular weight excluding hydrogens is 724 g/mol. The van der Waals surface area contributed by atoms with E-state index in [-0.39, 0.29) is 17.7 Å². The number of halogens is 7. The number of carbonyl (C=O) groups is 4. The minimum Gasteiger partial charge on any atom is -0.339 e. The number of Topliss-reactive ketones (excluding diaryl/α,β-unsaturated/α-hetero) is 2. The number of ketones is 2. The summed E-state index contributed by atoms with van der Waals surface area (Å²) in [5, 5.41) is 14.0. The number of carbonyl (C=O) groups excluding carboxylic acids is 4. The van der Waals surface area contributed by atoms with Gasteiger partial charge in [-0.3, -0.25) is 28.8 Å². The van der Waals surface area contributed by atoms with Crippen molar-refractivity contribution in [2.24, 2.45) is 13.0 Å². The molecule has 5 heterocycles. The Morgan fingerprint density at radius 1 is 0.942 bits per heavy atom.